The molecule has 1 aromatic heterocycles. The van der Waals surface area contributed by atoms with E-state index in [4.69, 9.17) is 4.74 Å². The maximum atomic E-state index is 5.12. The Morgan fingerprint density at radius 2 is 1.73 bits per heavy atom. The van der Waals surface area contributed by atoms with Gasteiger partial charge in [-0.1, -0.05) is 24.3 Å². The predicted molar refractivity (Wildman–Crippen MR) is 88.5 cm³/mol. The van der Waals surface area contributed by atoms with Gasteiger partial charge in [0.05, 0.1) is 19.0 Å². The average molecular weight is 292 g/mol. The summed E-state index contributed by atoms with van der Waals surface area (Å²) in [5.74, 6) is 1.46. The molecule has 110 valence electrons. The van der Waals surface area contributed by atoms with Crippen molar-refractivity contribution in [2.24, 2.45) is 5.10 Å². The van der Waals surface area contributed by atoms with Crippen molar-refractivity contribution in [2.75, 3.05) is 12.5 Å². The molecule has 1 heterocycles. The van der Waals surface area contributed by atoms with Crippen LogP contribution in [0.5, 0.6) is 5.75 Å². The van der Waals surface area contributed by atoms with Gasteiger partial charge in [0, 0.05) is 10.8 Å². The van der Waals surface area contributed by atoms with Crippen molar-refractivity contribution in [3.05, 3.63) is 59.8 Å². The van der Waals surface area contributed by atoms with Crippen molar-refractivity contribution in [3.63, 3.8) is 0 Å². The lowest BCUT2D eigenvalue weighted by molar-refractivity contribution is 0.415. The monoisotopic (exact) mass is 292 g/mol. The summed E-state index contributed by atoms with van der Waals surface area (Å²) in [5, 5.41) is 14.6. The molecular weight excluding hydrogens is 276 g/mol. The number of nitrogens with zero attached hydrogens (tertiary/aromatic N) is 3. The van der Waals surface area contributed by atoms with Crippen molar-refractivity contribution < 1.29 is 4.74 Å². The van der Waals surface area contributed by atoms with E-state index in [0.29, 0.717) is 5.82 Å². The Morgan fingerprint density at radius 3 is 2.45 bits per heavy atom. The molecule has 0 bridgehead atoms. The Morgan fingerprint density at radius 1 is 1.00 bits per heavy atom. The summed E-state index contributed by atoms with van der Waals surface area (Å²) in [6.07, 6.45) is 1.73. The molecule has 0 unspecified atom stereocenters. The second-order valence-electron chi connectivity index (χ2n) is 4.82. The van der Waals surface area contributed by atoms with Crippen LogP contribution in [0.4, 0.5) is 5.82 Å². The highest BCUT2D eigenvalue weighted by atomic mass is 16.5. The SMILES string of the molecule is COc1ccc(C=NNc2nnc(C)c3ccccc23)cc1. The Kier molecular flexibility index (Phi) is 3.96. The number of hydrazone groups is 1. The van der Waals surface area contributed by atoms with Crippen LogP contribution in [0.3, 0.4) is 0 Å². The summed E-state index contributed by atoms with van der Waals surface area (Å²) < 4.78 is 5.12. The molecule has 22 heavy (non-hydrogen) atoms. The minimum atomic E-state index is 0.644. The number of fused-ring (bicyclic) bond motifs is 1. The number of anilines is 1. The lowest BCUT2D eigenvalue weighted by Gasteiger charge is -2.05. The third-order valence-corrected chi connectivity index (χ3v) is 3.37. The molecule has 5 heteroatoms. The number of rotatable bonds is 4. The van der Waals surface area contributed by atoms with E-state index >= 15 is 0 Å². The molecule has 0 aliphatic carbocycles. The molecule has 0 saturated carbocycles. The van der Waals surface area contributed by atoms with Crippen LogP contribution in [0.25, 0.3) is 10.8 Å². The number of benzene rings is 2. The zero-order chi connectivity index (χ0) is 15.4. The van der Waals surface area contributed by atoms with E-state index in [1.807, 2.05) is 55.5 Å². The molecule has 3 aromatic rings. The predicted octanol–water partition coefficient (Wildman–Crippen LogP) is 3.39. The minimum absolute atomic E-state index is 0.644. The Balaban J connectivity index is 1.81. The summed E-state index contributed by atoms with van der Waals surface area (Å²) in [7, 11) is 1.64. The third-order valence-electron chi connectivity index (χ3n) is 3.37. The first kappa shape index (κ1) is 14.0. The van der Waals surface area contributed by atoms with Gasteiger partial charge in [-0.05, 0) is 36.8 Å². The Labute approximate surface area is 128 Å². The normalized spacial score (nSPS) is 11.0. The Hall–Kier alpha value is -2.95. The molecule has 0 atom stereocenters. The van der Waals surface area contributed by atoms with Crippen molar-refractivity contribution >= 4 is 22.8 Å². The van der Waals surface area contributed by atoms with Crippen LogP contribution in [-0.2, 0) is 0 Å². The molecule has 0 aliphatic heterocycles. The van der Waals surface area contributed by atoms with E-state index < -0.39 is 0 Å². The van der Waals surface area contributed by atoms with Crippen LogP contribution in [-0.4, -0.2) is 23.5 Å². The number of hydrogen-bond donors (Lipinski definition) is 1. The number of ether oxygens (including phenoxy) is 1. The van der Waals surface area contributed by atoms with Gasteiger partial charge in [0.1, 0.15) is 5.75 Å². The maximum absolute atomic E-state index is 5.12. The first-order valence-electron chi connectivity index (χ1n) is 6.93. The fourth-order valence-corrected chi connectivity index (χ4v) is 2.18. The number of nitrogens with one attached hydrogen (secondary N) is 1. The zero-order valence-electron chi connectivity index (χ0n) is 12.4. The third kappa shape index (κ3) is 2.88. The fourth-order valence-electron chi connectivity index (χ4n) is 2.18. The second kappa shape index (κ2) is 6.22. The van der Waals surface area contributed by atoms with Gasteiger partial charge in [0.15, 0.2) is 5.82 Å². The standard InChI is InChI=1S/C17H16N4O/c1-12-15-5-3-4-6-16(15)17(21-19-12)20-18-11-13-7-9-14(22-2)10-8-13/h3-11H,1-2H3,(H,20,21). The van der Waals surface area contributed by atoms with Gasteiger partial charge in [0.2, 0.25) is 0 Å². The van der Waals surface area contributed by atoms with Crippen LogP contribution in [0.15, 0.2) is 53.6 Å². The van der Waals surface area contributed by atoms with Crippen molar-refractivity contribution in [3.8, 4) is 5.75 Å². The molecule has 2 aromatic carbocycles. The first-order valence-corrected chi connectivity index (χ1v) is 6.93. The second-order valence-corrected chi connectivity index (χ2v) is 4.82. The van der Waals surface area contributed by atoms with Crippen molar-refractivity contribution in [1.82, 2.24) is 10.2 Å². The lowest BCUT2D eigenvalue weighted by atomic mass is 10.1. The largest absolute Gasteiger partial charge is 0.497 e. The number of aromatic nitrogens is 2. The smallest absolute Gasteiger partial charge is 0.176 e. The highest BCUT2D eigenvalue weighted by Crippen LogP contribution is 2.22. The van der Waals surface area contributed by atoms with Crippen LogP contribution in [0, 0.1) is 6.92 Å². The lowest BCUT2D eigenvalue weighted by Crippen LogP contribution is -1.98. The molecule has 0 fully saturated rings. The van der Waals surface area contributed by atoms with Gasteiger partial charge in [-0.3, -0.25) is 5.43 Å². The molecule has 0 amide bonds. The van der Waals surface area contributed by atoms with Crippen LogP contribution in [0.2, 0.25) is 0 Å². The number of aryl methyl sites for hydroxylation is 1. The molecule has 0 aliphatic rings. The summed E-state index contributed by atoms with van der Waals surface area (Å²) in [5.41, 5.74) is 4.83. The first-order chi connectivity index (χ1) is 10.8. The van der Waals surface area contributed by atoms with Gasteiger partial charge in [-0.15, -0.1) is 5.10 Å². The molecular formula is C17H16N4O. The van der Waals surface area contributed by atoms with E-state index in [-0.39, 0.29) is 0 Å². The summed E-state index contributed by atoms with van der Waals surface area (Å²) in [6.45, 7) is 1.94. The van der Waals surface area contributed by atoms with Gasteiger partial charge in [-0.2, -0.15) is 10.2 Å². The van der Waals surface area contributed by atoms with Gasteiger partial charge < -0.3 is 4.74 Å². The topological polar surface area (TPSA) is 59.4 Å². The number of methoxy groups -OCH3 is 1. The Bertz CT molecular complexity index is 813. The molecule has 1 N–H and O–H groups in total. The van der Waals surface area contributed by atoms with Gasteiger partial charge >= 0.3 is 0 Å². The number of hydrogen-bond acceptors (Lipinski definition) is 5. The van der Waals surface area contributed by atoms with E-state index in [0.717, 1.165) is 27.8 Å². The van der Waals surface area contributed by atoms with E-state index in [1.54, 1.807) is 13.3 Å². The highest BCUT2D eigenvalue weighted by Gasteiger charge is 2.04. The minimum Gasteiger partial charge on any atom is -0.497 e. The van der Waals surface area contributed by atoms with Gasteiger partial charge in [0.25, 0.3) is 0 Å². The molecule has 0 saturated heterocycles. The van der Waals surface area contributed by atoms with E-state index in [9.17, 15) is 0 Å². The maximum Gasteiger partial charge on any atom is 0.176 e. The molecule has 5 nitrogen and oxygen atoms in total. The zero-order valence-corrected chi connectivity index (χ0v) is 12.4. The molecule has 0 spiro atoms. The summed E-state index contributed by atoms with van der Waals surface area (Å²) in [6, 6.07) is 15.6. The molecule has 3 rings (SSSR count). The van der Waals surface area contributed by atoms with Crippen LogP contribution >= 0.6 is 0 Å². The van der Waals surface area contributed by atoms with Crippen molar-refractivity contribution in [2.45, 2.75) is 6.92 Å². The van der Waals surface area contributed by atoms with Crippen molar-refractivity contribution in [1.29, 1.82) is 0 Å². The van der Waals surface area contributed by atoms with E-state index in [2.05, 4.69) is 20.7 Å². The fraction of sp³-hybridized carbons (Fsp3) is 0.118. The van der Waals surface area contributed by atoms with Crippen LogP contribution in [0.1, 0.15) is 11.3 Å². The summed E-state index contributed by atoms with van der Waals surface area (Å²) >= 11 is 0. The average Bonchev–Trinajstić information content (AvgIpc) is 2.58. The quantitative estimate of drug-likeness (QED) is 0.591. The van der Waals surface area contributed by atoms with Crippen LogP contribution < -0.4 is 10.2 Å². The van der Waals surface area contributed by atoms with E-state index in [1.165, 1.54) is 0 Å². The summed E-state index contributed by atoms with van der Waals surface area (Å²) in [4.78, 5) is 0. The highest BCUT2D eigenvalue weighted by molar-refractivity contribution is 5.93. The molecule has 0 radical (unpaired) electrons. The van der Waals surface area contributed by atoms with Gasteiger partial charge in [-0.25, -0.2) is 0 Å².